The van der Waals surface area contributed by atoms with Gasteiger partial charge >= 0.3 is 0 Å². The van der Waals surface area contributed by atoms with Crippen LogP contribution in [0.5, 0.6) is 0 Å². The minimum Gasteiger partial charge on any atom is -0.396 e. The van der Waals surface area contributed by atoms with Crippen LogP contribution in [0, 0.1) is 11.8 Å². The van der Waals surface area contributed by atoms with E-state index in [0.29, 0.717) is 6.61 Å². The largest absolute Gasteiger partial charge is 0.396 e. The van der Waals surface area contributed by atoms with Crippen LogP contribution in [0.25, 0.3) is 0 Å². The zero-order valence-electron chi connectivity index (χ0n) is 12.7. The van der Waals surface area contributed by atoms with Crippen LogP contribution in [0.15, 0.2) is 0 Å². The number of hydrogen-bond donors (Lipinski definition) is 1. The highest BCUT2D eigenvalue weighted by atomic mass is 16.2. The van der Waals surface area contributed by atoms with Gasteiger partial charge < -0.3 is 10.0 Å². The Morgan fingerprint density at radius 1 is 1.06 bits per heavy atom. The minimum absolute atomic E-state index is 0.339. The van der Waals surface area contributed by atoms with Crippen LogP contribution in [0.4, 0.5) is 0 Å². The van der Waals surface area contributed by atoms with Gasteiger partial charge in [0.25, 0.3) is 0 Å². The molecule has 0 saturated heterocycles. The van der Waals surface area contributed by atoms with Gasteiger partial charge in [-0.1, -0.05) is 39.5 Å². The lowest BCUT2D eigenvalue weighted by Crippen LogP contribution is -2.41. The van der Waals surface area contributed by atoms with Gasteiger partial charge in [-0.25, -0.2) is 0 Å². The van der Waals surface area contributed by atoms with E-state index in [1.54, 1.807) is 0 Å². The summed E-state index contributed by atoms with van der Waals surface area (Å²) in [6.45, 7) is 6.27. The fourth-order valence-corrected chi connectivity index (χ4v) is 3.46. The zero-order chi connectivity index (χ0) is 13.4. The smallest absolute Gasteiger partial charge is 0.0431 e. The summed E-state index contributed by atoms with van der Waals surface area (Å²) in [6, 6.07) is 0.768. The van der Waals surface area contributed by atoms with Crippen LogP contribution in [-0.2, 0) is 0 Å². The number of aliphatic hydroxyl groups is 1. The summed E-state index contributed by atoms with van der Waals surface area (Å²) >= 11 is 0. The molecular formula is C16H33NO. The standard InChI is InChI=1S/C16H33NO/c1-14(2)15-10-6-4-5-7-11-16(15)17(3)12-8-9-13-18/h14-16,18H,4-13H2,1-3H3. The number of nitrogens with zero attached hydrogens (tertiary/aromatic N) is 1. The zero-order valence-corrected chi connectivity index (χ0v) is 12.7. The van der Waals surface area contributed by atoms with E-state index in [9.17, 15) is 0 Å². The van der Waals surface area contributed by atoms with E-state index in [1.807, 2.05) is 0 Å². The van der Waals surface area contributed by atoms with Crippen molar-refractivity contribution in [2.24, 2.45) is 11.8 Å². The average molecular weight is 255 g/mol. The van der Waals surface area contributed by atoms with Gasteiger partial charge in [0.2, 0.25) is 0 Å². The van der Waals surface area contributed by atoms with Gasteiger partial charge in [-0.05, 0) is 51.1 Å². The molecule has 1 saturated carbocycles. The van der Waals surface area contributed by atoms with E-state index in [4.69, 9.17) is 5.11 Å². The molecule has 0 aromatic carbocycles. The Labute approximate surface area is 114 Å². The average Bonchev–Trinajstić information content (AvgIpc) is 2.28. The Balaban J connectivity index is 2.53. The summed E-state index contributed by atoms with van der Waals surface area (Å²) in [7, 11) is 2.29. The van der Waals surface area contributed by atoms with Crippen LogP contribution < -0.4 is 0 Å². The molecule has 0 spiro atoms. The normalized spacial score (nSPS) is 26.3. The molecule has 0 radical (unpaired) electrons. The van der Waals surface area contributed by atoms with Crippen LogP contribution in [-0.4, -0.2) is 36.2 Å². The Kier molecular flexibility index (Phi) is 7.92. The first kappa shape index (κ1) is 16.0. The first-order valence-electron chi connectivity index (χ1n) is 7.98. The molecule has 2 nitrogen and oxygen atoms in total. The van der Waals surface area contributed by atoms with Crippen LogP contribution in [0.2, 0.25) is 0 Å². The van der Waals surface area contributed by atoms with E-state index in [1.165, 1.54) is 38.5 Å². The monoisotopic (exact) mass is 255 g/mol. The third kappa shape index (κ3) is 5.27. The quantitative estimate of drug-likeness (QED) is 0.732. The second kappa shape index (κ2) is 8.92. The molecule has 0 heterocycles. The first-order chi connectivity index (χ1) is 8.66. The summed E-state index contributed by atoms with van der Waals surface area (Å²) < 4.78 is 0. The summed E-state index contributed by atoms with van der Waals surface area (Å²) in [5.74, 6) is 1.66. The van der Waals surface area contributed by atoms with Crippen molar-refractivity contribution in [3.8, 4) is 0 Å². The molecule has 2 unspecified atom stereocenters. The Hall–Kier alpha value is -0.0800. The van der Waals surface area contributed by atoms with Crippen molar-refractivity contribution >= 4 is 0 Å². The van der Waals surface area contributed by atoms with Crippen molar-refractivity contribution < 1.29 is 5.11 Å². The van der Waals surface area contributed by atoms with E-state index < -0.39 is 0 Å². The van der Waals surface area contributed by atoms with Crippen molar-refractivity contribution in [3.05, 3.63) is 0 Å². The third-order valence-corrected chi connectivity index (χ3v) is 4.62. The van der Waals surface area contributed by atoms with Gasteiger partial charge in [-0.15, -0.1) is 0 Å². The Bertz CT molecular complexity index is 205. The van der Waals surface area contributed by atoms with Gasteiger partial charge in [0.05, 0.1) is 0 Å². The lowest BCUT2D eigenvalue weighted by molar-refractivity contribution is 0.111. The van der Waals surface area contributed by atoms with Crippen LogP contribution in [0.1, 0.15) is 65.2 Å². The first-order valence-corrected chi connectivity index (χ1v) is 7.98. The molecule has 1 rings (SSSR count). The van der Waals surface area contributed by atoms with Crippen LogP contribution >= 0.6 is 0 Å². The lowest BCUT2D eigenvalue weighted by Gasteiger charge is -2.38. The van der Waals surface area contributed by atoms with Gasteiger partial charge in [0, 0.05) is 12.6 Å². The van der Waals surface area contributed by atoms with E-state index in [-0.39, 0.29) is 0 Å². The number of rotatable bonds is 6. The maximum absolute atomic E-state index is 8.89. The molecule has 0 amide bonds. The predicted molar refractivity (Wildman–Crippen MR) is 78.8 cm³/mol. The van der Waals surface area contributed by atoms with Gasteiger partial charge in [-0.3, -0.25) is 0 Å². The molecule has 0 aromatic rings. The molecule has 0 bridgehead atoms. The second-order valence-corrected chi connectivity index (χ2v) is 6.38. The van der Waals surface area contributed by atoms with E-state index >= 15 is 0 Å². The molecule has 108 valence electrons. The third-order valence-electron chi connectivity index (χ3n) is 4.62. The maximum Gasteiger partial charge on any atom is 0.0431 e. The van der Waals surface area contributed by atoms with Crippen molar-refractivity contribution in [2.45, 2.75) is 71.3 Å². The minimum atomic E-state index is 0.339. The second-order valence-electron chi connectivity index (χ2n) is 6.38. The number of aliphatic hydroxyl groups excluding tert-OH is 1. The highest BCUT2D eigenvalue weighted by Gasteiger charge is 2.27. The van der Waals surface area contributed by atoms with Crippen molar-refractivity contribution in [2.75, 3.05) is 20.2 Å². The highest BCUT2D eigenvalue weighted by Crippen LogP contribution is 2.31. The number of unbranched alkanes of at least 4 members (excludes halogenated alkanes) is 1. The molecule has 2 heteroatoms. The van der Waals surface area contributed by atoms with E-state index in [2.05, 4.69) is 25.8 Å². The molecular weight excluding hydrogens is 222 g/mol. The Morgan fingerprint density at radius 2 is 1.72 bits per heavy atom. The lowest BCUT2D eigenvalue weighted by atomic mass is 9.79. The summed E-state index contributed by atoms with van der Waals surface area (Å²) in [5, 5.41) is 8.89. The predicted octanol–water partition coefficient (Wildman–Crippen LogP) is 3.69. The SMILES string of the molecule is CC(C)C1CCCCCCC1N(C)CCCCO. The molecule has 1 fully saturated rings. The summed E-state index contributed by atoms with van der Waals surface area (Å²) in [5.41, 5.74) is 0. The van der Waals surface area contributed by atoms with E-state index in [0.717, 1.165) is 37.3 Å². The molecule has 18 heavy (non-hydrogen) atoms. The van der Waals surface area contributed by atoms with Crippen molar-refractivity contribution in [1.29, 1.82) is 0 Å². The number of hydrogen-bond acceptors (Lipinski definition) is 2. The van der Waals surface area contributed by atoms with Gasteiger partial charge in [0.15, 0.2) is 0 Å². The van der Waals surface area contributed by atoms with Gasteiger partial charge in [-0.2, -0.15) is 0 Å². The maximum atomic E-state index is 8.89. The topological polar surface area (TPSA) is 23.5 Å². The molecule has 1 aliphatic carbocycles. The van der Waals surface area contributed by atoms with Crippen molar-refractivity contribution in [1.82, 2.24) is 4.90 Å². The summed E-state index contributed by atoms with van der Waals surface area (Å²) in [6.07, 6.45) is 10.5. The van der Waals surface area contributed by atoms with Crippen molar-refractivity contribution in [3.63, 3.8) is 0 Å². The molecule has 0 aliphatic heterocycles. The fraction of sp³-hybridized carbons (Fsp3) is 1.00. The molecule has 1 N–H and O–H groups in total. The highest BCUT2D eigenvalue weighted by molar-refractivity contribution is 4.81. The molecule has 1 aliphatic rings. The molecule has 0 aromatic heterocycles. The fourth-order valence-electron chi connectivity index (χ4n) is 3.46. The van der Waals surface area contributed by atoms with Crippen LogP contribution in [0.3, 0.4) is 0 Å². The van der Waals surface area contributed by atoms with Gasteiger partial charge in [0.1, 0.15) is 0 Å². The summed E-state index contributed by atoms with van der Waals surface area (Å²) in [4.78, 5) is 2.58. The Morgan fingerprint density at radius 3 is 2.33 bits per heavy atom. The molecule has 2 atom stereocenters.